The van der Waals surface area contributed by atoms with Crippen molar-refractivity contribution in [1.29, 1.82) is 0 Å². The molecule has 29 heavy (non-hydrogen) atoms. The predicted molar refractivity (Wildman–Crippen MR) is 110 cm³/mol. The zero-order valence-corrected chi connectivity index (χ0v) is 16.7. The number of benzene rings is 1. The molecule has 6 nitrogen and oxygen atoms in total. The van der Waals surface area contributed by atoms with Gasteiger partial charge in [0.1, 0.15) is 6.04 Å². The van der Waals surface area contributed by atoms with Gasteiger partial charge in [0.2, 0.25) is 11.8 Å². The molecule has 0 unspecified atom stereocenters. The maximum atomic E-state index is 13.3. The maximum absolute atomic E-state index is 13.3. The first-order valence-electron chi connectivity index (χ1n) is 10.2. The van der Waals surface area contributed by atoms with E-state index in [4.69, 9.17) is 0 Å². The van der Waals surface area contributed by atoms with Crippen LogP contribution in [-0.2, 0) is 14.4 Å². The van der Waals surface area contributed by atoms with Crippen LogP contribution in [0.5, 0.6) is 0 Å². The van der Waals surface area contributed by atoms with Gasteiger partial charge in [0.25, 0.3) is 0 Å². The summed E-state index contributed by atoms with van der Waals surface area (Å²) in [5.41, 5.74) is 2.60. The number of likely N-dealkylation sites (tertiary alicyclic amines) is 1. The molecule has 0 N–H and O–H groups in total. The Morgan fingerprint density at radius 1 is 1.17 bits per heavy atom. The lowest BCUT2D eigenvalue weighted by Crippen LogP contribution is -2.49. The van der Waals surface area contributed by atoms with Crippen molar-refractivity contribution < 1.29 is 14.4 Å². The van der Waals surface area contributed by atoms with Gasteiger partial charge < -0.3 is 4.90 Å². The van der Waals surface area contributed by atoms with Crippen LogP contribution in [-0.4, -0.2) is 45.6 Å². The van der Waals surface area contributed by atoms with E-state index in [-0.39, 0.29) is 29.7 Å². The van der Waals surface area contributed by atoms with Crippen LogP contribution in [0.25, 0.3) is 17.0 Å². The summed E-state index contributed by atoms with van der Waals surface area (Å²) in [6.45, 7) is 5.37. The number of fused-ring (bicyclic) bond motifs is 7. The van der Waals surface area contributed by atoms with Gasteiger partial charge in [0, 0.05) is 17.6 Å². The second-order valence-corrected chi connectivity index (χ2v) is 8.25. The average Bonchev–Trinajstić information content (AvgIpc) is 3.20. The summed E-state index contributed by atoms with van der Waals surface area (Å²) in [6.07, 6.45) is 6.40. The first-order valence-corrected chi connectivity index (χ1v) is 10.2. The van der Waals surface area contributed by atoms with Gasteiger partial charge in [-0.2, -0.15) is 0 Å². The van der Waals surface area contributed by atoms with Crippen LogP contribution in [0.3, 0.4) is 0 Å². The molecule has 0 saturated carbocycles. The molecule has 4 heterocycles. The normalized spacial score (nSPS) is 28.5. The molecule has 1 aromatic heterocycles. The van der Waals surface area contributed by atoms with Crippen LogP contribution in [0, 0.1) is 11.8 Å². The summed E-state index contributed by atoms with van der Waals surface area (Å²) in [4.78, 5) is 47.4. The minimum Gasteiger partial charge on any atom is -0.351 e. The number of hydrogen-bond donors (Lipinski definition) is 0. The number of aromatic nitrogens is 1. The Kier molecular flexibility index (Phi) is 3.88. The Balaban J connectivity index is 1.71. The van der Waals surface area contributed by atoms with E-state index in [2.05, 4.69) is 4.98 Å². The van der Waals surface area contributed by atoms with Gasteiger partial charge in [-0.05, 0) is 31.9 Å². The molecule has 6 heteroatoms. The molecule has 0 spiro atoms. The largest absolute Gasteiger partial charge is 0.351 e. The third-order valence-corrected chi connectivity index (χ3v) is 6.72. The number of rotatable bonds is 3. The topological polar surface area (TPSA) is 70.6 Å². The van der Waals surface area contributed by atoms with Gasteiger partial charge >= 0.3 is 0 Å². The van der Waals surface area contributed by atoms with Gasteiger partial charge in [-0.15, -0.1) is 0 Å². The highest BCUT2D eigenvalue weighted by Gasteiger charge is 2.64. The second kappa shape index (κ2) is 6.24. The lowest BCUT2D eigenvalue weighted by Gasteiger charge is -2.37. The van der Waals surface area contributed by atoms with Crippen molar-refractivity contribution in [3.05, 3.63) is 42.1 Å². The summed E-state index contributed by atoms with van der Waals surface area (Å²) >= 11 is 0. The monoisotopic (exact) mass is 389 g/mol. The van der Waals surface area contributed by atoms with Crippen molar-refractivity contribution in [3.63, 3.8) is 0 Å². The van der Waals surface area contributed by atoms with E-state index in [1.807, 2.05) is 55.2 Å². The van der Waals surface area contributed by atoms with Crippen LogP contribution in [0.15, 0.2) is 36.5 Å². The zero-order chi connectivity index (χ0) is 20.4. The minimum atomic E-state index is -0.660. The molecule has 5 atom stereocenters. The van der Waals surface area contributed by atoms with Gasteiger partial charge in [0.15, 0.2) is 5.78 Å². The lowest BCUT2D eigenvalue weighted by molar-refractivity contribution is -0.143. The Morgan fingerprint density at radius 2 is 1.93 bits per heavy atom. The molecule has 3 aliphatic rings. The number of pyridine rings is 1. The van der Waals surface area contributed by atoms with Crippen molar-refractivity contribution in [3.8, 4) is 0 Å². The minimum absolute atomic E-state index is 0.0937. The molecule has 0 radical (unpaired) electrons. The number of amides is 2. The predicted octanol–water partition coefficient (Wildman–Crippen LogP) is 2.81. The lowest BCUT2D eigenvalue weighted by atomic mass is 9.88. The van der Waals surface area contributed by atoms with E-state index in [9.17, 15) is 14.4 Å². The fourth-order valence-electron chi connectivity index (χ4n) is 5.28. The maximum Gasteiger partial charge on any atom is 0.235 e. The van der Waals surface area contributed by atoms with Crippen molar-refractivity contribution in [2.24, 2.45) is 11.8 Å². The van der Waals surface area contributed by atoms with Crippen LogP contribution in [0.4, 0.5) is 5.69 Å². The number of carbonyl (C=O) groups is 3. The second-order valence-electron chi connectivity index (χ2n) is 8.25. The van der Waals surface area contributed by atoms with E-state index < -0.39 is 17.9 Å². The van der Waals surface area contributed by atoms with Crippen LogP contribution in [0.1, 0.15) is 32.8 Å². The molecular formula is C23H23N3O3. The number of Topliss-reactive ketones (excluding diaryl/α,β-unsaturated/α-hetero) is 1. The van der Waals surface area contributed by atoms with Crippen molar-refractivity contribution >= 4 is 40.3 Å². The number of imide groups is 1. The molecule has 0 bridgehead atoms. The Hall–Kier alpha value is -3.02. The summed E-state index contributed by atoms with van der Waals surface area (Å²) < 4.78 is 0. The van der Waals surface area contributed by atoms with Crippen LogP contribution >= 0.6 is 0 Å². The summed E-state index contributed by atoms with van der Waals surface area (Å²) in [7, 11) is 0. The van der Waals surface area contributed by atoms with Gasteiger partial charge in [-0.1, -0.05) is 37.3 Å². The first kappa shape index (κ1) is 18.0. The molecule has 2 fully saturated rings. The highest BCUT2D eigenvalue weighted by molar-refractivity contribution is 6.12. The number of carbonyl (C=O) groups excluding carboxylic acids is 3. The molecule has 5 rings (SSSR count). The third-order valence-electron chi connectivity index (χ3n) is 6.72. The van der Waals surface area contributed by atoms with Crippen molar-refractivity contribution in [2.45, 2.75) is 45.3 Å². The van der Waals surface area contributed by atoms with E-state index in [0.29, 0.717) is 6.42 Å². The third kappa shape index (κ3) is 2.29. The standard InChI is InChI=1S/C23H23N3O3/c1-4-12(2)25-22(28)17-16-10-9-15-8-7-14-6-5-11-24-19(14)21(15)26(16)20(13(3)27)18(17)23(25)29/h5-12,16-18,20H,4H2,1-3H3/t12-,16+,17-,18-,20+/m0/s1. The van der Waals surface area contributed by atoms with Crippen molar-refractivity contribution in [2.75, 3.05) is 4.90 Å². The number of ketones is 1. The van der Waals surface area contributed by atoms with Crippen molar-refractivity contribution in [1.82, 2.24) is 9.88 Å². The number of hydrogen-bond acceptors (Lipinski definition) is 5. The zero-order valence-electron chi connectivity index (χ0n) is 16.7. The summed E-state index contributed by atoms with van der Waals surface area (Å²) in [6, 6.07) is 6.73. The average molecular weight is 389 g/mol. The van der Waals surface area contributed by atoms with E-state index in [1.54, 1.807) is 6.20 Å². The molecule has 0 aliphatic carbocycles. The summed E-state index contributed by atoms with van der Waals surface area (Å²) in [5.74, 6) is -1.65. The Morgan fingerprint density at radius 3 is 2.66 bits per heavy atom. The number of anilines is 1. The Labute approximate surface area is 169 Å². The smallest absolute Gasteiger partial charge is 0.235 e. The molecule has 1 aromatic carbocycles. The first-order chi connectivity index (χ1) is 14.0. The quantitative estimate of drug-likeness (QED) is 0.755. The fourth-order valence-corrected chi connectivity index (χ4v) is 5.28. The van der Waals surface area contributed by atoms with Crippen LogP contribution < -0.4 is 4.90 Å². The fraction of sp³-hybridized carbons (Fsp3) is 0.391. The highest BCUT2D eigenvalue weighted by Crippen LogP contribution is 2.50. The molecular weight excluding hydrogens is 366 g/mol. The Bertz CT molecular complexity index is 1090. The SMILES string of the molecule is CC[C@H](C)N1C(=O)[C@@H]2[C@H](C1=O)[C@@H](C(C)=O)N1c3c(ccc4cccnc34)C=C[C@H]21. The van der Waals surface area contributed by atoms with E-state index in [0.717, 1.165) is 22.2 Å². The molecule has 2 aromatic rings. The molecule has 3 aliphatic heterocycles. The van der Waals surface area contributed by atoms with Gasteiger partial charge in [-0.3, -0.25) is 24.3 Å². The van der Waals surface area contributed by atoms with E-state index in [1.165, 1.54) is 11.8 Å². The summed E-state index contributed by atoms with van der Waals surface area (Å²) in [5, 5.41) is 0.971. The molecule has 148 valence electrons. The van der Waals surface area contributed by atoms with Gasteiger partial charge in [-0.25, -0.2) is 0 Å². The van der Waals surface area contributed by atoms with E-state index >= 15 is 0 Å². The molecule has 2 amide bonds. The van der Waals surface area contributed by atoms with Crippen LogP contribution in [0.2, 0.25) is 0 Å². The highest BCUT2D eigenvalue weighted by atomic mass is 16.2. The van der Waals surface area contributed by atoms with Gasteiger partial charge in [0.05, 0.1) is 29.1 Å². The number of nitrogens with zero attached hydrogens (tertiary/aromatic N) is 3. The molecule has 2 saturated heterocycles.